The highest BCUT2D eigenvalue weighted by molar-refractivity contribution is 9.10. The van der Waals surface area contributed by atoms with Crippen LogP contribution in [-0.4, -0.2) is 24.1 Å². The third-order valence-electron chi connectivity index (χ3n) is 3.40. The largest absolute Gasteiger partial charge is 0.370 e. The van der Waals surface area contributed by atoms with E-state index in [0.29, 0.717) is 6.04 Å². The van der Waals surface area contributed by atoms with Gasteiger partial charge in [0.1, 0.15) is 0 Å². The number of anilines is 1. The third-order valence-corrected chi connectivity index (χ3v) is 4.01. The molecule has 1 aliphatic heterocycles. The van der Waals surface area contributed by atoms with Crippen LogP contribution in [0.4, 0.5) is 5.69 Å². The number of hydrogen-bond donors (Lipinski definition) is 1. The lowest BCUT2D eigenvalue weighted by molar-refractivity contribution is 0.245. The molecule has 1 unspecified atom stereocenters. The number of hydrogen-bond acceptors (Lipinski definition) is 3. The quantitative estimate of drug-likeness (QED) is 0.861. The van der Waals surface area contributed by atoms with Crippen LogP contribution in [0.5, 0.6) is 0 Å². The molecule has 2 rings (SSSR count). The Morgan fingerprint density at radius 1 is 1.56 bits per heavy atom. The highest BCUT2D eigenvalue weighted by Gasteiger charge is 2.33. The molecule has 0 bridgehead atoms. The summed E-state index contributed by atoms with van der Waals surface area (Å²) in [6.07, 6.45) is 4.72. The van der Waals surface area contributed by atoms with Crippen molar-refractivity contribution in [3.8, 4) is 0 Å². The molecular weight excluding hydrogens is 266 g/mol. The highest BCUT2D eigenvalue weighted by atomic mass is 79.9. The van der Waals surface area contributed by atoms with E-state index in [4.69, 9.17) is 5.73 Å². The number of pyridine rings is 1. The van der Waals surface area contributed by atoms with Crippen LogP contribution in [0, 0.1) is 5.41 Å². The second-order valence-electron chi connectivity index (χ2n) is 5.13. The number of halogens is 1. The topological polar surface area (TPSA) is 42.2 Å². The van der Waals surface area contributed by atoms with E-state index in [1.54, 1.807) is 0 Å². The minimum Gasteiger partial charge on any atom is -0.370 e. The minimum absolute atomic E-state index is 0.168. The summed E-state index contributed by atoms with van der Waals surface area (Å²) in [5.74, 6) is 0. The summed E-state index contributed by atoms with van der Waals surface area (Å²) in [7, 11) is 0. The standard InChI is InChI=1S/C12H18BrN3/c1-12(2)8-16(6-4-11(12)14)10-3-5-15-7-9(10)13/h3,5,7,11H,4,6,8,14H2,1-2H3. The number of nitrogens with zero attached hydrogens (tertiary/aromatic N) is 2. The normalized spacial score (nSPS) is 24.5. The number of aromatic nitrogens is 1. The molecule has 1 aliphatic rings. The predicted octanol–water partition coefficient (Wildman–Crippen LogP) is 2.41. The average molecular weight is 284 g/mol. The van der Waals surface area contributed by atoms with E-state index >= 15 is 0 Å². The molecule has 0 amide bonds. The van der Waals surface area contributed by atoms with E-state index in [1.807, 2.05) is 12.4 Å². The zero-order valence-corrected chi connectivity index (χ0v) is 11.4. The van der Waals surface area contributed by atoms with Crippen LogP contribution < -0.4 is 10.6 Å². The lowest BCUT2D eigenvalue weighted by atomic mass is 9.79. The summed E-state index contributed by atoms with van der Waals surface area (Å²) in [6.45, 7) is 6.49. The summed E-state index contributed by atoms with van der Waals surface area (Å²) in [6, 6.07) is 2.35. The fraction of sp³-hybridized carbons (Fsp3) is 0.583. The molecule has 2 heterocycles. The zero-order valence-electron chi connectivity index (χ0n) is 9.78. The van der Waals surface area contributed by atoms with Crippen LogP contribution in [0.25, 0.3) is 0 Å². The van der Waals surface area contributed by atoms with Gasteiger partial charge in [0.25, 0.3) is 0 Å². The summed E-state index contributed by atoms with van der Waals surface area (Å²) >= 11 is 3.55. The number of nitrogens with two attached hydrogens (primary N) is 1. The Balaban J connectivity index is 2.21. The fourth-order valence-electron chi connectivity index (χ4n) is 2.20. The Morgan fingerprint density at radius 3 is 2.94 bits per heavy atom. The van der Waals surface area contributed by atoms with Gasteiger partial charge in [0.15, 0.2) is 0 Å². The van der Waals surface area contributed by atoms with Crippen molar-refractivity contribution >= 4 is 21.6 Å². The van der Waals surface area contributed by atoms with E-state index < -0.39 is 0 Å². The maximum absolute atomic E-state index is 6.14. The van der Waals surface area contributed by atoms with E-state index in [-0.39, 0.29) is 5.41 Å². The molecule has 88 valence electrons. The van der Waals surface area contributed by atoms with Crippen LogP contribution in [0.15, 0.2) is 22.9 Å². The molecule has 1 fully saturated rings. The SMILES string of the molecule is CC1(C)CN(c2ccncc2Br)CCC1N. The van der Waals surface area contributed by atoms with Gasteiger partial charge in [-0.1, -0.05) is 13.8 Å². The molecule has 0 aromatic carbocycles. The van der Waals surface area contributed by atoms with Gasteiger partial charge in [-0.25, -0.2) is 0 Å². The van der Waals surface area contributed by atoms with Crippen molar-refractivity contribution in [2.24, 2.45) is 11.1 Å². The maximum atomic E-state index is 6.14. The molecule has 1 saturated heterocycles. The lowest BCUT2D eigenvalue weighted by Gasteiger charge is -2.43. The van der Waals surface area contributed by atoms with Gasteiger partial charge in [-0.3, -0.25) is 4.98 Å². The molecule has 0 saturated carbocycles. The Hall–Kier alpha value is -0.610. The van der Waals surface area contributed by atoms with Crippen molar-refractivity contribution in [2.45, 2.75) is 26.3 Å². The van der Waals surface area contributed by atoms with E-state index in [1.165, 1.54) is 5.69 Å². The molecule has 2 N–H and O–H groups in total. The average Bonchev–Trinajstić information content (AvgIpc) is 2.23. The van der Waals surface area contributed by atoms with E-state index in [9.17, 15) is 0 Å². The second kappa shape index (κ2) is 4.34. The molecule has 0 aliphatic carbocycles. The van der Waals surface area contributed by atoms with Crippen LogP contribution in [0.1, 0.15) is 20.3 Å². The first kappa shape index (κ1) is 11.9. The van der Waals surface area contributed by atoms with Gasteiger partial charge in [0, 0.05) is 31.5 Å². The summed E-state index contributed by atoms with van der Waals surface area (Å²) < 4.78 is 1.06. The van der Waals surface area contributed by atoms with Gasteiger partial charge < -0.3 is 10.6 Å². The van der Waals surface area contributed by atoms with Crippen molar-refractivity contribution in [2.75, 3.05) is 18.0 Å². The first-order chi connectivity index (χ1) is 7.50. The summed E-state index contributed by atoms with van der Waals surface area (Å²) in [5, 5.41) is 0. The molecule has 1 aromatic rings. The fourth-order valence-corrected chi connectivity index (χ4v) is 2.70. The van der Waals surface area contributed by atoms with E-state index in [2.05, 4.69) is 45.7 Å². The monoisotopic (exact) mass is 283 g/mol. The summed E-state index contributed by atoms with van der Waals surface area (Å²) in [4.78, 5) is 6.48. The Morgan fingerprint density at radius 2 is 2.31 bits per heavy atom. The van der Waals surface area contributed by atoms with Gasteiger partial charge >= 0.3 is 0 Å². The van der Waals surface area contributed by atoms with Crippen molar-refractivity contribution in [1.82, 2.24) is 4.98 Å². The second-order valence-corrected chi connectivity index (χ2v) is 5.99. The molecule has 1 atom stereocenters. The minimum atomic E-state index is 0.168. The zero-order chi connectivity index (χ0) is 11.8. The third kappa shape index (κ3) is 2.23. The molecular formula is C12H18BrN3. The number of piperidine rings is 1. The number of rotatable bonds is 1. The van der Waals surface area contributed by atoms with Crippen LogP contribution >= 0.6 is 15.9 Å². The Bertz CT molecular complexity index is 378. The Labute approximate surface area is 105 Å². The molecule has 0 spiro atoms. The smallest absolute Gasteiger partial charge is 0.0592 e. The van der Waals surface area contributed by atoms with Gasteiger partial charge in [0.05, 0.1) is 10.2 Å². The predicted molar refractivity (Wildman–Crippen MR) is 70.5 cm³/mol. The molecule has 4 heteroatoms. The maximum Gasteiger partial charge on any atom is 0.0592 e. The van der Waals surface area contributed by atoms with Crippen molar-refractivity contribution in [1.29, 1.82) is 0 Å². The van der Waals surface area contributed by atoms with Crippen molar-refractivity contribution in [3.63, 3.8) is 0 Å². The molecule has 3 nitrogen and oxygen atoms in total. The van der Waals surface area contributed by atoms with Crippen LogP contribution in [-0.2, 0) is 0 Å². The van der Waals surface area contributed by atoms with Crippen LogP contribution in [0.3, 0.4) is 0 Å². The first-order valence-electron chi connectivity index (χ1n) is 5.61. The highest BCUT2D eigenvalue weighted by Crippen LogP contribution is 2.33. The Kier molecular flexibility index (Phi) is 3.22. The first-order valence-corrected chi connectivity index (χ1v) is 6.40. The molecule has 1 aromatic heterocycles. The summed E-state index contributed by atoms with van der Waals surface area (Å²) in [5.41, 5.74) is 7.53. The van der Waals surface area contributed by atoms with Crippen molar-refractivity contribution in [3.05, 3.63) is 22.9 Å². The van der Waals surface area contributed by atoms with Gasteiger partial charge in [0.2, 0.25) is 0 Å². The van der Waals surface area contributed by atoms with Gasteiger partial charge in [-0.2, -0.15) is 0 Å². The van der Waals surface area contributed by atoms with Crippen molar-refractivity contribution < 1.29 is 0 Å². The molecule has 0 radical (unpaired) electrons. The molecule has 16 heavy (non-hydrogen) atoms. The van der Waals surface area contributed by atoms with Crippen LogP contribution in [0.2, 0.25) is 0 Å². The van der Waals surface area contributed by atoms with Gasteiger partial charge in [-0.15, -0.1) is 0 Å². The van der Waals surface area contributed by atoms with Gasteiger partial charge in [-0.05, 0) is 33.8 Å². The lowest BCUT2D eigenvalue weighted by Crippen LogP contribution is -2.52. The van der Waals surface area contributed by atoms with E-state index in [0.717, 1.165) is 24.0 Å².